The number of carbonyl (C=O) groups is 2. The van der Waals surface area contributed by atoms with Gasteiger partial charge in [0.2, 0.25) is 11.8 Å². The molecular formula is C22H29ClN2O2. The van der Waals surface area contributed by atoms with E-state index >= 15 is 0 Å². The third-order valence-electron chi connectivity index (χ3n) is 7.13. The van der Waals surface area contributed by atoms with Gasteiger partial charge in [0.05, 0.1) is 18.0 Å². The third kappa shape index (κ3) is 3.49. The number of alkyl halides is 1. The molecule has 1 aromatic carbocycles. The van der Waals surface area contributed by atoms with Gasteiger partial charge in [-0.25, -0.2) is 0 Å². The number of amides is 2. The fourth-order valence-corrected chi connectivity index (χ4v) is 6.75. The van der Waals surface area contributed by atoms with E-state index in [0.717, 1.165) is 37.7 Å². The van der Waals surface area contributed by atoms with E-state index in [9.17, 15) is 9.59 Å². The quantitative estimate of drug-likeness (QED) is 0.777. The Labute approximate surface area is 166 Å². The minimum atomic E-state index is -0.351. The van der Waals surface area contributed by atoms with E-state index in [0.29, 0.717) is 11.8 Å². The zero-order chi connectivity index (χ0) is 19.2. The van der Waals surface area contributed by atoms with Gasteiger partial charge in [-0.2, -0.15) is 0 Å². The van der Waals surface area contributed by atoms with Crippen molar-refractivity contribution in [2.24, 2.45) is 17.3 Å². The predicted molar refractivity (Wildman–Crippen MR) is 106 cm³/mol. The molecule has 0 aliphatic heterocycles. The highest BCUT2D eigenvalue weighted by atomic mass is 35.5. The zero-order valence-electron chi connectivity index (χ0n) is 16.2. The molecule has 5 rings (SSSR count). The maximum atomic E-state index is 13.1. The van der Waals surface area contributed by atoms with Crippen molar-refractivity contribution in [3.63, 3.8) is 0 Å². The molecule has 4 aliphatic carbocycles. The summed E-state index contributed by atoms with van der Waals surface area (Å²) in [6.07, 6.45) is 5.97. The molecule has 0 aromatic heterocycles. The van der Waals surface area contributed by atoms with Gasteiger partial charge >= 0.3 is 0 Å². The molecule has 4 saturated carbocycles. The van der Waals surface area contributed by atoms with Crippen LogP contribution in [-0.2, 0) is 9.59 Å². The Morgan fingerprint density at radius 1 is 1.19 bits per heavy atom. The normalized spacial score (nSPS) is 34.9. The summed E-state index contributed by atoms with van der Waals surface area (Å²) in [4.78, 5) is 27.2. The minimum Gasteiger partial charge on any atom is -0.347 e. The highest BCUT2D eigenvalue weighted by Gasteiger charge is 2.60. The number of likely N-dealkylation sites (N-methyl/N-ethyl adjacent to an activating group) is 1. The molecule has 27 heavy (non-hydrogen) atoms. The largest absolute Gasteiger partial charge is 0.347 e. The minimum absolute atomic E-state index is 0.0266. The monoisotopic (exact) mass is 388 g/mol. The summed E-state index contributed by atoms with van der Waals surface area (Å²) in [5.41, 5.74) is 0.736. The molecule has 1 N–H and O–H groups in total. The topological polar surface area (TPSA) is 49.4 Å². The van der Waals surface area contributed by atoms with Crippen LogP contribution in [0, 0.1) is 17.3 Å². The van der Waals surface area contributed by atoms with E-state index in [4.69, 9.17) is 11.6 Å². The lowest BCUT2D eigenvalue weighted by Crippen LogP contribution is -2.59. The maximum Gasteiger partial charge on any atom is 0.242 e. The molecule has 4 aliphatic rings. The van der Waals surface area contributed by atoms with Crippen molar-refractivity contribution in [2.45, 2.75) is 56.4 Å². The predicted octanol–water partition coefficient (Wildman–Crippen LogP) is 3.90. The van der Waals surface area contributed by atoms with Gasteiger partial charge in [0.25, 0.3) is 0 Å². The molecule has 0 saturated heterocycles. The van der Waals surface area contributed by atoms with Gasteiger partial charge in [-0.3, -0.25) is 9.59 Å². The fourth-order valence-electron chi connectivity index (χ4n) is 6.06. The van der Waals surface area contributed by atoms with Crippen LogP contribution >= 0.6 is 11.6 Å². The van der Waals surface area contributed by atoms with Crippen molar-refractivity contribution in [3.8, 4) is 0 Å². The lowest BCUT2D eigenvalue weighted by atomic mass is 9.49. The van der Waals surface area contributed by atoms with E-state index in [-0.39, 0.29) is 34.7 Å². The van der Waals surface area contributed by atoms with Crippen molar-refractivity contribution in [3.05, 3.63) is 35.9 Å². The van der Waals surface area contributed by atoms with Gasteiger partial charge in [0.1, 0.15) is 0 Å². The average molecular weight is 389 g/mol. The number of rotatable bonds is 5. The van der Waals surface area contributed by atoms with Crippen LogP contribution < -0.4 is 5.32 Å². The molecule has 5 heteroatoms. The molecule has 3 atom stereocenters. The lowest BCUT2D eigenvalue weighted by molar-refractivity contribution is -0.146. The van der Waals surface area contributed by atoms with Gasteiger partial charge < -0.3 is 10.2 Å². The number of hydrogen-bond acceptors (Lipinski definition) is 2. The molecule has 1 aromatic rings. The summed E-state index contributed by atoms with van der Waals surface area (Å²) in [5.74, 6) is 1.12. The Hall–Kier alpha value is -1.55. The second kappa shape index (κ2) is 6.80. The first-order chi connectivity index (χ1) is 12.8. The van der Waals surface area contributed by atoms with Crippen LogP contribution in [0.1, 0.15) is 57.1 Å². The standard InChI is InChI=1S/C22H29ClN2O2/c1-15(18-6-4-3-5-7-18)25(2)19(26)13-24-20(27)21-9-16-8-17(10-21)12-22(23,11-16)14-21/h3-7,15-17H,8-14H2,1-2H3,(H,24,27)/t15-,16+,17+,21?,22?/m0/s1. The van der Waals surface area contributed by atoms with Gasteiger partial charge in [-0.15, -0.1) is 11.6 Å². The number of nitrogens with zero attached hydrogens (tertiary/aromatic N) is 1. The van der Waals surface area contributed by atoms with Crippen LogP contribution in [0.5, 0.6) is 0 Å². The van der Waals surface area contributed by atoms with Crippen LogP contribution in [0.3, 0.4) is 0 Å². The van der Waals surface area contributed by atoms with Crippen molar-refractivity contribution in [2.75, 3.05) is 13.6 Å². The summed E-state index contributed by atoms with van der Waals surface area (Å²) in [5, 5.41) is 2.96. The molecule has 0 spiro atoms. The van der Waals surface area contributed by atoms with Crippen LogP contribution in [0.25, 0.3) is 0 Å². The van der Waals surface area contributed by atoms with Gasteiger partial charge in [0, 0.05) is 11.9 Å². The molecule has 4 nitrogen and oxygen atoms in total. The summed E-state index contributed by atoms with van der Waals surface area (Å²) < 4.78 is 0. The first kappa shape index (κ1) is 18.8. The van der Waals surface area contributed by atoms with E-state index in [1.807, 2.05) is 37.3 Å². The van der Waals surface area contributed by atoms with Crippen LogP contribution in [0.15, 0.2) is 30.3 Å². The Morgan fingerprint density at radius 3 is 2.41 bits per heavy atom. The summed E-state index contributed by atoms with van der Waals surface area (Å²) in [6, 6.07) is 9.92. The van der Waals surface area contributed by atoms with E-state index in [1.165, 1.54) is 6.42 Å². The molecular weight excluding hydrogens is 360 g/mol. The SMILES string of the molecule is C[C@@H](c1ccccc1)N(C)C(=O)CNC(=O)C12C[C@H]3C[C@@H](CC(Cl)(C3)C1)C2. The fraction of sp³-hybridized carbons (Fsp3) is 0.636. The zero-order valence-corrected chi connectivity index (χ0v) is 17.0. The Morgan fingerprint density at radius 2 is 1.81 bits per heavy atom. The molecule has 0 radical (unpaired) electrons. The highest BCUT2D eigenvalue weighted by molar-refractivity contribution is 6.24. The third-order valence-corrected chi connectivity index (χ3v) is 7.57. The lowest BCUT2D eigenvalue weighted by Gasteiger charge is -2.59. The summed E-state index contributed by atoms with van der Waals surface area (Å²) >= 11 is 6.83. The van der Waals surface area contributed by atoms with Crippen molar-refractivity contribution >= 4 is 23.4 Å². The van der Waals surface area contributed by atoms with Crippen LogP contribution in [-0.4, -0.2) is 35.2 Å². The Balaban J connectivity index is 1.37. The van der Waals surface area contributed by atoms with Crippen molar-refractivity contribution in [1.29, 1.82) is 0 Å². The first-order valence-electron chi connectivity index (χ1n) is 10.1. The highest BCUT2D eigenvalue weighted by Crippen LogP contribution is 2.63. The van der Waals surface area contributed by atoms with E-state index in [1.54, 1.807) is 11.9 Å². The van der Waals surface area contributed by atoms with Crippen LogP contribution in [0.2, 0.25) is 0 Å². The second-order valence-electron chi connectivity index (χ2n) is 9.17. The number of nitrogens with one attached hydrogen (secondary N) is 1. The van der Waals surface area contributed by atoms with Crippen molar-refractivity contribution in [1.82, 2.24) is 10.2 Å². The maximum absolute atomic E-state index is 13.1. The van der Waals surface area contributed by atoms with Gasteiger partial charge in [-0.05, 0) is 62.8 Å². The van der Waals surface area contributed by atoms with E-state index < -0.39 is 0 Å². The second-order valence-corrected chi connectivity index (χ2v) is 9.97. The molecule has 146 valence electrons. The number of carbonyl (C=O) groups excluding carboxylic acids is 2. The average Bonchev–Trinajstić information content (AvgIpc) is 2.63. The summed E-state index contributed by atoms with van der Waals surface area (Å²) in [7, 11) is 1.80. The number of hydrogen-bond donors (Lipinski definition) is 1. The molecule has 0 unspecified atom stereocenters. The van der Waals surface area contributed by atoms with Crippen LogP contribution in [0.4, 0.5) is 0 Å². The van der Waals surface area contributed by atoms with E-state index in [2.05, 4.69) is 5.32 Å². The Bertz CT molecular complexity index is 721. The smallest absolute Gasteiger partial charge is 0.242 e. The first-order valence-corrected chi connectivity index (χ1v) is 10.5. The summed E-state index contributed by atoms with van der Waals surface area (Å²) in [6.45, 7) is 2.06. The molecule has 0 heterocycles. The Kier molecular flexibility index (Phi) is 4.74. The number of halogens is 1. The molecule has 2 amide bonds. The van der Waals surface area contributed by atoms with Crippen molar-refractivity contribution < 1.29 is 9.59 Å². The molecule has 4 bridgehead atoms. The molecule has 4 fully saturated rings. The van der Waals surface area contributed by atoms with Gasteiger partial charge in [0.15, 0.2) is 0 Å². The number of benzene rings is 1. The van der Waals surface area contributed by atoms with Gasteiger partial charge in [-0.1, -0.05) is 30.3 Å².